The van der Waals surface area contributed by atoms with Crippen molar-refractivity contribution in [3.05, 3.63) is 22.4 Å². The summed E-state index contributed by atoms with van der Waals surface area (Å²) in [5, 5.41) is 8.86. The van der Waals surface area contributed by atoms with Crippen LogP contribution in [0.25, 0.3) is 0 Å². The minimum Gasteiger partial charge on any atom is -0.357 e. The van der Waals surface area contributed by atoms with E-state index in [4.69, 9.17) is 4.99 Å². The highest BCUT2D eigenvalue weighted by molar-refractivity contribution is 14.0. The van der Waals surface area contributed by atoms with E-state index in [2.05, 4.69) is 42.0 Å². The van der Waals surface area contributed by atoms with Gasteiger partial charge in [0, 0.05) is 38.0 Å². The van der Waals surface area contributed by atoms with Crippen LogP contribution in [-0.2, 0) is 4.79 Å². The van der Waals surface area contributed by atoms with E-state index in [1.54, 1.807) is 16.2 Å². The molecule has 0 aromatic carbocycles. The van der Waals surface area contributed by atoms with Gasteiger partial charge in [-0.15, -0.1) is 35.3 Å². The second-order valence-electron chi connectivity index (χ2n) is 7.18. The van der Waals surface area contributed by atoms with Gasteiger partial charge in [0.05, 0.1) is 12.0 Å². The van der Waals surface area contributed by atoms with E-state index in [-0.39, 0.29) is 35.3 Å². The topological polar surface area (TPSA) is 56.7 Å². The lowest BCUT2D eigenvalue weighted by molar-refractivity contribution is -0.138. The minimum atomic E-state index is -0.314. The highest BCUT2D eigenvalue weighted by atomic mass is 127. The van der Waals surface area contributed by atoms with E-state index in [1.165, 1.54) is 4.88 Å². The zero-order valence-electron chi connectivity index (χ0n) is 16.4. The van der Waals surface area contributed by atoms with Gasteiger partial charge < -0.3 is 15.5 Å². The van der Waals surface area contributed by atoms with Crippen molar-refractivity contribution in [2.75, 3.05) is 33.7 Å². The van der Waals surface area contributed by atoms with Gasteiger partial charge in [-0.05, 0) is 31.2 Å². The van der Waals surface area contributed by atoms with Crippen LogP contribution in [0.5, 0.6) is 0 Å². The first-order chi connectivity index (χ1) is 12.0. The zero-order chi connectivity index (χ0) is 18.3. The molecule has 1 heterocycles. The summed E-state index contributed by atoms with van der Waals surface area (Å²) in [4.78, 5) is 20.5. The average molecular weight is 492 g/mol. The SMILES string of the molecule is CCNC(=NCC1(C(=O)N(C)C)CCCC1)NCC(C)c1cccs1.I. The molecule has 0 aliphatic heterocycles. The van der Waals surface area contributed by atoms with Gasteiger partial charge in [-0.1, -0.05) is 25.8 Å². The fourth-order valence-corrected chi connectivity index (χ4v) is 4.25. The summed E-state index contributed by atoms with van der Waals surface area (Å²) < 4.78 is 0. The van der Waals surface area contributed by atoms with Crippen LogP contribution < -0.4 is 10.6 Å². The third-order valence-electron chi connectivity index (χ3n) is 4.91. The van der Waals surface area contributed by atoms with Crippen LogP contribution >= 0.6 is 35.3 Å². The highest BCUT2D eigenvalue weighted by Gasteiger charge is 2.42. The third-order valence-corrected chi connectivity index (χ3v) is 6.01. The van der Waals surface area contributed by atoms with E-state index in [9.17, 15) is 4.79 Å². The summed E-state index contributed by atoms with van der Waals surface area (Å²) in [7, 11) is 3.69. The van der Waals surface area contributed by atoms with Gasteiger partial charge >= 0.3 is 0 Å². The largest absolute Gasteiger partial charge is 0.357 e. The number of hydrogen-bond donors (Lipinski definition) is 2. The number of halogens is 1. The molecule has 1 aromatic rings. The zero-order valence-corrected chi connectivity index (χ0v) is 19.5. The number of guanidine groups is 1. The van der Waals surface area contributed by atoms with E-state index in [1.807, 2.05) is 14.1 Å². The molecule has 1 aliphatic carbocycles. The summed E-state index contributed by atoms with van der Waals surface area (Å²) in [6.07, 6.45) is 4.12. The summed E-state index contributed by atoms with van der Waals surface area (Å²) in [6, 6.07) is 4.26. The van der Waals surface area contributed by atoms with Gasteiger partial charge in [-0.25, -0.2) is 0 Å². The van der Waals surface area contributed by atoms with Crippen LogP contribution in [0.1, 0.15) is 50.3 Å². The molecule has 1 aromatic heterocycles. The number of nitrogens with one attached hydrogen (secondary N) is 2. The lowest BCUT2D eigenvalue weighted by Crippen LogP contribution is -2.43. The lowest BCUT2D eigenvalue weighted by Gasteiger charge is -2.29. The van der Waals surface area contributed by atoms with E-state index in [0.717, 1.165) is 44.7 Å². The summed E-state index contributed by atoms with van der Waals surface area (Å²) in [6.45, 7) is 6.49. The van der Waals surface area contributed by atoms with Crippen LogP contribution in [-0.4, -0.2) is 50.5 Å². The Balaban J connectivity index is 0.00000338. The van der Waals surface area contributed by atoms with Crippen LogP contribution in [0.2, 0.25) is 0 Å². The predicted octanol–water partition coefficient (Wildman–Crippen LogP) is 3.67. The molecule has 1 fully saturated rings. The number of carbonyl (C=O) groups is 1. The standard InChI is InChI=1S/C19H32N4OS.HI/c1-5-20-18(21-13-15(2)16-9-8-12-25-16)22-14-19(10-6-7-11-19)17(24)23(3)4;/h8-9,12,15H,5-7,10-11,13-14H2,1-4H3,(H2,20,21,22);1H. The smallest absolute Gasteiger partial charge is 0.230 e. The Bertz CT molecular complexity index is 568. The van der Waals surface area contributed by atoms with Crippen LogP contribution in [0.4, 0.5) is 0 Å². The molecule has 1 unspecified atom stereocenters. The van der Waals surface area contributed by atoms with Crippen molar-refractivity contribution >= 4 is 47.2 Å². The summed E-state index contributed by atoms with van der Waals surface area (Å²) >= 11 is 1.79. The Morgan fingerprint density at radius 1 is 1.35 bits per heavy atom. The van der Waals surface area contributed by atoms with E-state index >= 15 is 0 Å². The van der Waals surface area contributed by atoms with Crippen molar-refractivity contribution < 1.29 is 4.79 Å². The molecular formula is C19H33IN4OS. The molecule has 2 rings (SSSR count). The van der Waals surface area contributed by atoms with Crippen molar-refractivity contribution in [1.29, 1.82) is 0 Å². The van der Waals surface area contributed by atoms with Gasteiger partial charge in [0.15, 0.2) is 5.96 Å². The van der Waals surface area contributed by atoms with Crippen molar-refractivity contribution in [2.45, 2.75) is 45.4 Å². The van der Waals surface area contributed by atoms with Gasteiger partial charge in [0.1, 0.15) is 0 Å². The molecule has 1 amide bonds. The monoisotopic (exact) mass is 492 g/mol. The average Bonchev–Trinajstić information content (AvgIpc) is 3.28. The predicted molar refractivity (Wildman–Crippen MR) is 122 cm³/mol. The molecule has 0 saturated heterocycles. The Kier molecular flexibility index (Phi) is 9.92. The van der Waals surface area contributed by atoms with Crippen molar-refractivity contribution in [2.24, 2.45) is 10.4 Å². The molecule has 0 bridgehead atoms. The Labute approximate surface area is 179 Å². The first-order valence-corrected chi connectivity index (χ1v) is 10.1. The molecule has 1 aliphatic rings. The second-order valence-corrected chi connectivity index (χ2v) is 8.16. The lowest BCUT2D eigenvalue weighted by atomic mass is 9.85. The first kappa shape index (κ1) is 23.2. The van der Waals surface area contributed by atoms with E-state index < -0.39 is 0 Å². The van der Waals surface area contributed by atoms with Crippen LogP contribution in [0.3, 0.4) is 0 Å². The number of rotatable bonds is 7. The summed E-state index contributed by atoms with van der Waals surface area (Å²) in [5.41, 5.74) is -0.314. The van der Waals surface area contributed by atoms with E-state index in [0.29, 0.717) is 12.5 Å². The molecule has 0 radical (unpaired) electrons. The molecule has 148 valence electrons. The third kappa shape index (κ3) is 6.11. The molecule has 26 heavy (non-hydrogen) atoms. The maximum absolute atomic E-state index is 12.7. The quantitative estimate of drug-likeness (QED) is 0.347. The fourth-order valence-electron chi connectivity index (χ4n) is 3.46. The van der Waals surface area contributed by atoms with Gasteiger partial charge in [0.25, 0.3) is 0 Å². The molecule has 5 nitrogen and oxygen atoms in total. The van der Waals surface area contributed by atoms with Crippen molar-refractivity contribution in [3.63, 3.8) is 0 Å². The van der Waals surface area contributed by atoms with Gasteiger partial charge in [-0.3, -0.25) is 9.79 Å². The van der Waals surface area contributed by atoms with Gasteiger partial charge in [-0.2, -0.15) is 0 Å². The highest BCUT2D eigenvalue weighted by Crippen LogP contribution is 2.39. The second kappa shape index (κ2) is 11.1. The molecular weight excluding hydrogens is 459 g/mol. The number of nitrogens with zero attached hydrogens (tertiary/aromatic N) is 2. The molecule has 1 atom stereocenters. The number of thiophene rings is 1. The maximum atomic E-state index is 12.7. The number of carbonyl (C=O) groups excluding carboxylic acids is 1. The Morgan fingerprint density at radius 2 is 2.04 bits per heavy atom. The number of amides is 1. The van der Waals surface area contributed by atoms with Crippen LogP contribution in [0, 0.1) is 5.41 Å². The number of hydrogen-bond acceptors (Lipinski definition) is 3. The Hall–Kier alpha value is -0.830. The molecule has 1 saturated carbocycles. The molecule has 7 heteroatoms. The minimum absolute atomic E-state index is 0. The number of aliphatic imine (C=N–C) groups is 1. The van der Waals surface area contributed by atoms with Gasteiger partial charge in [0.2, 0.25) is 5.91 Å². The first-order valence-electron chi connectivity index (χ1n) is 9.26. The van der Waals surface area contributed by atoms with Crippen molar-refractivity contribution in [1.82, 2.24) is 15.5 Å². The molecule has 2 N–H and O–H groups in total. The van der Waals surface area contributed by atoms with Crippen molar-refractivity contribution in [3.8, 4) is 0 Å². The summed E-state index contributed by atoms with van der Waals surface area (Å²) in [5.74, 6) is 1.47. The molecule has 0 spiro atoms. The van der Waals surface area contributed by atoms with Crippen LogP contribution in [0.15, 0.2) is 22.5 Å². The fraction of sp³-hybridized carbons (Fsp3) is 0.684. The Morgan fingerprint density at radius 3 is 2.58 bits per heavy atom. The normalized spacial score (nSPS) is 17.3. The maximum Gasteiger partial charge on any atom is 0.230 e.